The molecule has 0 fully saturated rings. The summed E-state index contributed by atoms with van der Waals surface area (Å²) in [7, 11) is 0. The number of rotatable bonds is 6. The number of benzene rings is 1. The van der Waals surface area contributed by atoms with Gasteiger partial charge in [-0.1, -0.05) is 19.1 Å². The second kappa shape index (κ2) is 7.66. The quantitative estimate of drug-likeness (QED) is 0.824. The van der Waals surface area contributed by atoms with Crippen LogP contribution in [0.15, 0.2) is 41.0 Å². The molecule has 0 radical (unpaired) electrons. The molecule has 2 rings (SSSR count). The zero-order chi connectivity index (χ0) is 15.2. The minimum atomic E-state index is -0.228. The minimum absolute atomic E-state index is 0.0705. The molecule has 0 aliphatic heterocycles. The first-order valence-corrected chi connectivity index (χ1v) is 8.00. The van der Waals surface area contributed by atoms with Crippen LogP contribution in [0, 0.1) is 12.7 Å². The number of halogens is 2. The highest BCUT2D eigenvalue weighted by Gasteiger charge is 2.15. The molecular formula is C17H20BrFN2. The van der Waals surface area contributed by atoms with E-state index in [1.807, 2.05) is 12.1 Å². The Kier molecular flexibility index (Phi) is 5.88. The Morgan fingerprint density at radius 3 is 2.81 bits per heavy atom. The molecule has 0 saturated carbocycles. The third-order valence-corrected chi connectivity index (χ3v) is 4.15. The van der Waals surface area contributed by atoms with E-state index in [1.165, 1.54) is 5.56 Å². The second-order valence-electron chi connectivity index (χ2n) is 5.15. The van der Waals surface area contributed by atoms with E-state index in [1.54, 1.807) is 18.3 Å². The van der Waals surface area contributed by atoms with E-state index in [4.69, 9.17) is 0 Å². The lowest BCUT2D eigenvalue weighted by atomic mass is 9.99. The summed E-state index contributed by atoms with van der Waals surface area (Å²) < 4.78 is 14.3. The van der Waals surface area contributed by atoms with Gasteiger partial charge < -0.3 is 5.32 Å². The van der Waals surface area contributed by atoms with Gasteiger partial charge in [0, 0.05) is 24.4 Å². The lowest BCUT2D eigenvalue weighted by molar-refractivity contribution is 0.518. The van der Waals surface area contributed by atoms with E-state index in [9.17, 15) is 4.39 Å². The maximum absolute atomic E-state index is 13.8. The highest BCUT2D eigenvalue weighted by molar-refractivity contribution is 9.10. The molecule has 0 aliphatic rings. The number of pyridine rings is 1. The molecule has 0 spiro atoms. The van der Waals surface area contributed by atoms with Crippen LogP contribution >= 0.6 is 15.9 Å². The molecule has 1 aromatic heterocycles. The van der Waals surface area contributed by atoms with Gasteiger partial charge in [-0.3, -0.25) is 4.98 Å². The van der Waals surface area contributed by atoms with Crippen molar-refractivity contribution in [2.45, 2.75) is 32.7 Å². The Hall–Kier alpha value is -1.26. The van der Waals surface area contributed by atoms with Crippen LogP contribution in [-0.2, 0) is 6.42 Å². The smallest absolute Gasteiger partial charge is 0.137 e. The minimum Gasteiger partial charge on any atom is -0.310 e. The molecule has 21 heavy (non-hydrogen) atoms. The summed E-state index contributed by atoms with van der Waals surface area (Å²) in [5, 5.41) is 3.49. The van der Waals surface area contributed by atoms with Gasteiger partial charge in [0.05, 0.1) is 4.47 Å². The van der Waals surface area contributed by atoms with Crippen molar-refractivity contribution in [1.29, 1.82) is 0 Å². The van der Waals surface area contributed by atoms with Gasteiger partial charge in [-0.15, -0.1) is 0 Å². The summed E-state index contributed by atoms with van der Waals surface area (Å²) in [4.78, 5) is 4.45. The summed E-state index contributed by atoms with van der Waals surface area (Å²) in [6, 6.07) is 9.38. The predicted molar refractivity (Wildman–Crippen MR) is 87.8 cm³/mol. The molecule has 2 nitrogen and oxygen atoms in total. The maximum atomic E-state index is 13.8. The first kappa shape index (κ1) is 16.1. The highest BCUT2D eigenvalue weighted by Crippen LogP contribution is 2.23. The molecule has 0 amide bonds. The van der Waals surface area contributed by atoms with E-state index < -0.39 is 0 Å². The summed E-state index contributed by atoms with van der Waals surface area (Å²) in [5.41, 5.74) is 3.17. The fraction of sp³-hybridized carbons (Fsp3) is 0.353. The van der Waals surface area contributed by atoms with Gasteiger partial charge in [-0.25, -0.2) is 4.39 Å². The van der Waals surface area contributed by atoms with Gasteiger partial charge in [0.2, 0.25) is 0 Å². The molecule has 4 heteroatoms. The van der Waals surface area contributed by atoms with Crippen LogP contribution in [0.3, 0.4) is 0 Å². The molecule has 0 saturated heterocycles. The fourth-order valence-corrected chi connectivity index (χ4v) is 2.53. The first-order chi connectivity index (χ1) is 10.1. The Bertz CT molecular complexity index is 601. The van der Waals surface area contributed by atoms with E-state index in [2.05, 4.69) is 46.1 Å². The van der Waals surface area contributed by atoms with Crippen LogP contribution in [0.2, 0.25) is 0 Å². The average Bonchev–Trinajstić information content (AvgIpc) is 2.48. The number of nitrogens with one attached hydrogen (secondary N) is 1. The average molecular weight is 351 g/mol. The van der Waals surface area contributed by atoms with Gasteiger partial charge in [0.15, 0.2) is 0 Å². The van der Waals surface area contributed by atoms with Crippen molar-refractivity contribution in [1.82, 2.24) is 10.3 Å². The SMILES string of the molecule is CCCNC(Cc1ncccc1C)c1ccc(Br)c(F)c1. The van der Waals surface area contributed by atoms with Crippen LogP contribution < -0.4 is 5.32 Å². The molecule has 1 heterocycles. The van der Waals surface area contributed by atoms with Crippen molar-refractivity contribution < 1.29 is 4.39 Å². The van der Waals surface area contributed by atoms with Gasteiger partial charge in [-0.2, -0.15) is 0 Å². The van der Waals surface area contributed by atoms with Crippen molar-refractivity contribution in [2.75, 3.05) is 6.54 Å². The standard InChI is InChI=1S/C17H20BrFN2/c1-3-8-20-17(11-16-12(2)5-4-9-21-16)13-6-7-14(18)15(19)10-13/h4-7,9-10,17,20H,3,8,11H2,1-2H3. The topological polar surface area (TPSA) is 24.9 Å². The van der Waals surface area contributed by atoms with E-state index in [-0.39, 0.29) is 11.9 Å². The Labute approximate surface area is 133 Å². The van der Waals surface area contributed by atoms with Crippen molar-refractivity contribution >= 4 is 15.9 Å². The molecule has 112 valence electrons. The molecular weight excluding hydrogens is 331 g/mol. The number of hydrogen-bond acceptors (Lipinski definition) is 2. The second-order valence-corrected chi connectivity index (χ2v) is 6.01. The number of aryl methyl sites for hydroxylation is 1. The summed E-state index contributed by atoms with van der Waals surface area (Å²) >= 11 is 3.20. The molecule has 0 aliphatic carbocycles. The zero-order valence-electron chi connectivity index (χ0n) is 12.4. The van der Waals surface area contributed by atoms with Crippen molar-refractivity contribution in [2.24, 2.45) is 0 Å². The van der Waals surface area contributed by atoms with Crippen LogP contribution in [-0.4, -0.2) is 11.5 Å². The summed E-state index contributed by atoms with van der Waals surface area (Å²) in [6.45, 7) is 5.08. The zero-order valence-corrected chi connectivity index (χ0v) is 14.0. The number of nitrogens with zero attached hydrogens (tertiary/aromatic N) is 1. The molecule has 2 aromatic rings. The number of aromatic nitrogens is 1. The lowest BCUT2D eigenvalue weighted by Crippen LogP contribution is -2.25. The molecule has 0 bridgehead atoms. The molecule has 1 atom stereocenters. The molecule has 1 N–H and O–H groups in total. The largest absolute Gasteiger partial charge is 0.310 e. The van der Waals surface area contributed by atoms with Gasteiger partial charge >= 0.3 is 0 Å². The Morgan fingerprint density at radius 1 is 1.33 bits per heavy atom. The predicted octanol–water partition coefficient (Wildman–Crippen LogP) is 4.58. The van der Waals surface area contributed by atoms with Crippen LogP contribution in [0.25, 0.3) is 0 Å². The van der Waals surface area contributed by atoms with Gasteiger partial charge in [0.1, 0.15) is 5.82 Å². The lowest BCUT2D eigenvalue weighted by Gasteiger charge is -2.20. The summed E-state index contributed by atoms with van der Waals surface area (Å²) in [5.74, 6) is -0.228. The van der Waals surface area contributed by atoms with Crippen LogP contribution in [0.1, 0.15) is 36.2 Å². The van der Waals surface area contributed by atoms with Crippen molar-refractivity contribution in [3.63, 3.8) is 0 Å². The van der Waals surface area contributed by atoms with E-state index >= 15 is 0 Å². The van der Waals surface area contributed by atoms with Crippen LogP contribution in [0.5, 0.6) is 0 Å². The first-order valence-electron chi connectivity index (χ1n) is 7.20. The molecule has 1 unspecified atom stereocenters. The van der Waals surface area contributed by atoms with Crippen LogP contribution in [0.4, 0.5) is 4.39 Å². The third kappa shape index (κ3) is 4.35. The summed E-state index contributed by atoms with van der Waals surface area (Å²) in [6.07, 6.45) is 3.60. The Balaban J connectivity index is 2.25. The normalized spacial score (nSPS) is 12.4. The highest BCUT2D eigenvalue weighted by atomic mass is 79.9. The van der Waals surface area contributed by atoms with Crippen molar-refractivity contribution in [3.05, 3.63) is 63.6 Å². The Morgan fingerprint density at radius 2 is 2.14 bits per heavy atom. The number of hydrogen-bond donors (Lipinski definition) is 1. The van der Waals surface area contributed by atoms with E-state index in [0.717, 1.165) is 30.6 Å². The van der Waals surface area contributed by atoms with Gasteiger partial charge in [0.25, 0.3) is 0 Å². The fourth-order valence-electron chi connectivity index (χ4n) is 2.28. The van der Waals surface area contributed by atoms with Gasteiger partial charge in [-0.05, 0) is 65.1 Å². The molecule has 1 aromatic carbocycles. The van der Waals surface area contributed by atoms with Crippen molar-refractivity contribution in [3.8, 4) is 0 Å². The third-order valence-electron chi connectivity index (χ3n) is 3.50. The maximum Gasteiger partial charge on any atom is 0.137 e. The monoisotopic (exact) mass is 350 g/mol. The van der Waals surface area contributed by atoms with E-state index in [0.29, 0.717) is 4.47 Å².